The lowest BCUT2D eigenvalue weighted by molar-refractivity contribution is -0.118. The summed E-state index contributed by atoms with van der Waals surface area (Å²) in [6.07, 6.45) is 1.49. The molecule has 0 aliphatic rings. The highest BCUT2D eigenvalue weighted by Gasteiger charge is 2.02. The van der Waals surface area contributed by atoms with E-state index in [1.165, 1.54) is 18.0 Å². The first-order valence-corrected chi connectivity index (χ1v) is 8.92. The zero-order chi connectivity index (χ0) is 16.7. The molecule has 1 N–H and O–H groups in total. The molecule has 120 valence electrons. The number of carbonyl (C=O) groups excluding carboxylic acids is 1. The fourth-order valence-corrected chi connectivity index (χ4v) is 3.02. The van der Waals surface area contributed by atoms with Gasteiger partial charge in [0.25, 0.3) is 0 Å². The van der Waals surface area contributed by atoms with Gasteiger partial charge in [-0.3, -0.25) is 4.79 Å². The average molecular weight is 388 g/mol. The highest BCUT2D eigenvalue weighted by molar-refractivity contribution is 7.99. The molecule has 0 aliphatic heterocycles. The first-order chi connectivity index (χ1) is 11.0. The number of hydrogen-bond acceptors (Lipinski definition) is 3. The van der Waals surface area contributed by atoms with Gasteiger partial charge in [-0.2, -0.15) is 5.10 Å². The van der Waals surface area contributed by atoms with Crippen molar-refractivity contribution < 1.29 is 4.79 Å². The van der Waals surface area contributed by atoms with Crippen LogP contribution in [-0.4, -0.2) is 17.9 Å². The molecular formula is C16H13Cl3N2OS. The molecule has 0 fully saturated rings. The molecule has 0 spiro atoms. The number of amides is 1. The van der Waals surface area contributed by atoms with E-state index in [0.29, 0.717) is 26.4 Å². The topological polar surface area (TPSA) is 41.5 Å². The maximum absolute atomic E-state index is 11.7. The molecule has 0 radical (unpaired) electrons. The fraction of sp³-hybridized carbons (Fsp3) is 0.125. The molecule has 2 rings (SSSR count). The lowest BCUT2D eigenvalue weighted by atomic mass is 10.2. The van der Waals surface area contributed by atoms with E-state index in [1.54, 1.807) is 18.2 Å². The predicted octanol–water partition coefficient (Wildman–Crippen LogP) is 5.03. The van der Waals surface area contributed by atoms with Crippen LogP contribution < -0.4 is 5.43 Å². The molecule has 0 bridgehead atoms. The fourth-order valence-electron chi connectivity index (χ4n) is 1.65. The van der Waals surface area contributed by atoms with Crippen LogP contribution >= 0.6 is 46.6 Å². The molecule has 2 aromatic rings. The predicted molar refractivity (Wildman–Crippen MR) is 99.8 cm³/mol. The molecule has 0 saturated heterocycles. The highest BCUT2D eigenvalue weighted by atomic mass is 35.5. The lowest BCUT2D eigenvalue weighted by Gasteiger charge is -2.02. The molecule has 1 amide bonds. The number of carbonyl (C=O) groups is 1. The van der Waals surface area contributed by atoms with Crippen LogP contribution in [0.2, 0.25) is 15.1 Å². The summed E-state index contributed by atoms with van der Waals surface area (Å²) in [5, 5.41) is 5.62. The van der Waals surface area contributed by atoms with Crippen LogP contribution in [0.5, 0.6) is 0 Å². The van der Waals surface area contributed by atoms with E-state index < -0.39 is 0 Å². The van der Waals surface area contributed by atoms with Crippen molar-refractivity contribution in [3.63, 3.8) is 0 Å². The van der Waals surface area contributed by atoms with Crippen LogP contribution in [0, 0.1) is 0 Å². The summed E-state index contributed by atoms with van der Waals surface area (Å²) in [7, 11) is 0. The molecular weight excluding hydrogens is 375 g/mol. The summed E-state index contributed by atoms with van der Waals surface area (Å²) in [6.45, 7) is 0. The normalized spacial score (nSPS) is 10.9. The van der Waals surface area contributed by atoms with Crippen molar-refractivity contribution in [2.45, 2.75) is 5.75 Å². The minimum absolute atomic E-state index is 0.176. The summed E-state index contributed by atoms with van der Waals surface area (Å²) < 4.78 is 0. The van der Waals surface area contributed by atoms with Crippen LogP contribution in [0.4, 0.5) is 0 Å². The van der Waals surface area contributed by atoms with Gasteiger partial charge in [-0.05, 0) is 29.8 Å². The first kappa shape index (κ1) is 18.1. The van der Waals surface area contributed by atoms with Gasteiger partial charge in [0.1, 0.15) is 0 Å². The number of hydrogen-bond donors (Lipinski definition) is 1. The number of nitrogens with zero attached hydrogens (tertiary/aromatic N) is 1. The maximum Gasteiger partial charge on any atom is 0.250 e. The Hall–Kier alpha value is -1.20. The number of rotatable bonds is 6. The lowest BCUT2D eigenvalue weighted by Crippen LogP contribution is -2.19. The third-order valence-electron chi connectivity index (χ3n) is 2.77. The van der Waals surface area contributed by atoms with Gasteiger partial charge in [0, 0.05) is 21.4 Å². The third-order valence-corrected chi connectivity index (χ3v) is 4.59. The first-order valence-electron chi connectivity index (χ1n) is 6.64. The van der Waals surface area contributed by atoms with Gasteiger partial charge in [0.05, 0.1) is 17.0 Å². The Morgan fingerprint density at radius 2 is 1.78 bits per heavy atom. The van der Waals surface area contributed by atoms with Gasteiger partial charge in [0.2, 0.25) is 5.91 Å². The molecule has 3 nitrogen and oxygen atoms in total. The number of halogens is 3. The van der Waals surface area contributed by atoms with Crippen LogP contribution in [0.1, 0.15) is 11.1 Å². The Balaban J connectivity index is 1.74. The Bertz CT molecular complexity index is 705. The molecule has 0 heterocycles. The molecule has 2 aromatic carbocycles. The van der Waals surface area contributed by atoms with Gasteiger partial charge < -0.3 is 0 Å². The Kier molecular flexibility index (Phi) is 7.24. The van der Waals surface area contributed by atoms with Gasteiger partial charge in [0.15, 0.2) is 0 Å². The van der Waals surface area contributed by atoms with Crippen LogP contribution in [0.25, 0.3) is 0 Å². The van der Waals surface area contributed by atoms with Crippen molar-refractivity contribution >= 4 is 58.7 Å². The molecule has 0 saturated carbocycles. The zero-order valence-electron chi connectivity index (χ0n) is 11.9. The van der Waals surface area contributed by atoms with Crippen LogP contribution in [0.3, 0.4) is 0 Å². The maximum atomic E-state index is 11.7. The standard InChI is InChI=1S/C16H13Cl3N2OS/c17-13-4-1-11(2-5-13)9-23-10-16(22)21-20-8-12-3-6-14(18)7-15(12)19/h1-8H,9-10H2,(H,21,22)/b20-8-. The van der Waals surface area contributed by atoms with Gasteiger partial charge >= 0.3 is 0 Å². The summed E-state index contributed by atoms with van der Waals surface area (Å²) >= 11 is 19.1. The molecule has 0 aromatic heterocycles. The van der Waals surface area contributed by atoms with Crippen molar-refractivity contribution in [1.29, 1.82) is 0 Å². The van der Waals surface area contributed by atoms with Crippen LogP contribution in [-0.2, 0) is 10.5 Å². The Morgan fingerprint density at radius 3 is 2.48 bits per heavy atom. The van der Waals surface area contributed by atoms with Gasteiger partial charge in [-0.15, -0.1) is 11.8 Å². The van der Waals surface area contributed by atoms with E-state index in [9.17, 15) is 4.79 Å². The van der Waals surface area contributed by atoms with Crippen molar-refractivity contribution in [1.82, 2.24) is 5.43 Å². The molecule has 7 heteroatoms. The second-order valence-corrected chi connectivity index (χ2v) is 6.84. The minimum Gasteiger partial charge on any atom is -0.272 e. The number of benzene rings is 2. The SMILES string of the molecule is O=C(CSCc1ccc(Cl)cc1)N/N=C\c1ccc(Cl)cc1Cl. The molecule has 0 atom stereocenters. The molecule has 23 heavy (non-hydrogen) atoms. The van der Waals surface area contributed by atoms with Crippen LogP contribution in [0.15, 0.2) is 47.6 Å². The van der Waals surface area contributed by atoms with Crippen molar-refractivity contribution in [2.24, 2.45) is 5.10 Å². The van der Waals surface area contributed by atoms with E-state index in [0.717, 1.165) is 11.3 Å². The number of nitrogens with one attached hydrogen (secondary N) is 1. The minimum atomic E-state index is -0.176. The van der Waals surface area contributed by atoms with Crippen molar-refractivity contribution in [2.75, 3.05) is 5.75 Å². The quantitative estimate of drug-likeness (QED) is 0.558. The van der Waals surface area contributed by atoms with E-state index >= 15 is 0 Å². The second-order valence-electron chi connectivity index (χ2n) is 4.58. The number of thioether (sulfide) groups is 1. The smallest absolute Gasteiger partial charge is 0.250 e. The zero-order valence-corrected chi connectivity index (χ0v) is 15.0. The summed E-state index contributed by atoms with van der Waals surface area (Å²) in [5.41, 5.74) is 4.27. The van der Waals surface area contributed by atoms with Crippen molar-refractivity contribution in [3.8, 4) is 0 Å². The van der Waals surface area contributed by atoms with E-state index in [1.807, 2.05) is 24.3 Å². The molecule has 0 unspecified atom stereocenters. The van der Waals surface area contributed by atoms with Crippen molar-refractivity contribution in [3.05, 3.63) is 68.7 Å². The van der Waals surface area contributed by atoms with Gasteiger partial charge in [-0.25, -0.2) is 5.43 Å². The Labute approximate surface area is 154 Å². The van der Waals surface area contributed by atoms with E-state index in [-0.39, 0.29) is 5.91 Å². The second kappa shape index (κ2) is 9.18. The summed E-state index contributed by atoms with van der Waals surface area (Å²) in [5.74, 6) is 0.872. The monoisotopic (exact) mass is 386 g/mol. The van der Waals surface area contributed by atoms with Gasteiger partial charge in [-0.1, -0.05) is 53.0 Å². The summed E-state index contributed by atoms with van der Waals surface area (Å²) in [6, 6.07) is 12.6. The largest absolute Gasteiger partial charge is 0.272 e. The third kappa shape index (κ3) is 6.43. The van der Waals surface area contributed by atoms with E-state index in [4.69, 9.17) is 34.8 Å². The Morgan fingerprint density at radius 1 is 1.09 bits per heavy atom. The van der Waals surface area contributed by atoms with E-state index in [2.05, 4.69) is 10.5 Å². The summed E-state index contributed by atoms with van der Waals surface area (Å²) in [4.78, 5) is 11.7. The molecule has 0 aliphatic carbocycles. The highest BCUT2D eigenvalue weighted by Crippen LogP contribution is 2.19. The number of hydrazone groups is 1. The average Bonchev–Trinajstić information content (AvgIpc) is 2.51.